The predicted molar refractivity (Wildman–Crippen MR) is 49.4 cm³/mol. The molecule has 0 amide bonds. The van der Waals surface area contributed by atoms with E-state index in [1.807, 2.05) is 0 Å². The Labute approximate surface area is 94.8 Å². The molecular weight excluding hydrogens is 243 g/mol. The molecule has 1 saturated heterocycles. The molecule has 1 aliphatic heterocycles. The van der Waals surface area contributed by atoms with Crippen LogP contribution in [-0.2, 0) is 9.59 Å². The van der Waals surface area contributed by atoms with Crippen molar-refractivity contribution in [2.24, 2.45) is 11.8 Å². The number of aliphatic carboxylic acids is 2. The molecule has 0 radical (unpaired) electrons. The first-order chi connectivity index (χ1) is 7.70. The maximum Gasteiger partial charge on any atom is 0.390 e. The lowest BCUT2D eigenvalue weighted by Gasteiger charge is -2.15. The fourth-order valence-corrected chi connectivity index (χ4v) is 1.85. The van der Waals surface area contributed by atoms with Crippen molar-refractivity contribution in [1.82, 2.24) is 4.90 Å². The molecule has 98 valence electrons. The summed E-state index contributed by atoms with van der Waals surface area (Å²) in [6.07, 6.45) is -5.38. The predicted octanol–water partition coefficient (Wildman–Crippen LogP) is 0.656. The number of alkyl halides is 3. The molecule has 1 rings (SSSR count). The highest BCUT2D eigenvalue weighted by atomic mass is 19.4. The highest BCUT2D eigenvalue weighted by Crippen LogP contribution is 2.26. The summed E-state index contributed by atoms with van der Waals surface area (Å²) in [6.45, 7) is -0.665. The molecular formula is C9H12F3NO4. The zero-order valence-corrected chi connectivity index (χ0v) is 8.78. The van der Waals surface area contributed by atoms with Gasteiger partial charge in [-0.3, -0.25) is 9.59 Å². The number of nitrogens with zero attached hydrogens (tertiary/aromatic N) is 1. The van der Waals surface area contributed by atoms with Gasteiger partial charge in [0, 0.05) is 19.6 Å². The summed E-state index contributed by atoms with van der Waals surface area (Å²) in [7, 11) is 0. The molecule has 1 fully saturated rings. The summed E-state index contributed by atoms with van der Waals surface area (Å²) >= 11 is 0. The second-order valence-electron chi connectivity index (χ2n) is 4.01. The van der Waals surface area contributed by atoms with Gasteiger partial charge in [0.2, 0.25) is 0 Å². The Balaban J connectivity index is 2.57. The van der Waals surface area contributed by atoms with Gasteiger partial charge in [-0.15, -0.1) is 0 Å². The number of halogens is 3. The molecule has 0 unspecified atom stereocenters. The molecule has 1 aliphatic rings. The fourth-order valence-electron chi connectivity index (χ4n) is 1.85. The number of hydrogen-bond acceptors (Lipinski definition) is 3. The summed E-state index contributed by atoms with van der Waals surface area (Å²) in [4.78, 5) is 22.7. The van der Waals surface area contributed by atoms with E-state index in [0.29, 0.717) is 0 Å². The third-order valence-corrected chi connectivity index (χ3v) is 2.74. The van der Waals surface area contributed by atoms with Crippen LogP contribution < -0.4 is 0 Å². The Morgan fingerprint density at radius 3 is 1.82 bits per heavy atom. The summed E-state index contributed by atoms with van der Waals surface area (Å²) in [5.74, 6) is -4.85. The smallest absolute Gasteiger partial charge is 0.390 e. The maximum atomic E-state index is 12.0. The summed E-state index contributed by atoms with van der Waals surface area (Å²) in [5.41, 5.74) is 0. The van der Waals surface area contributed by atoms with E-state index in [9.17, 15) is 22.8 Å². The average molecular weight is 255 g/mol. The number of carboxylic acid groups (broad SMARTS) is 2. The Kier molecular flexibility index (Phi) is 3.97. The van der Waals surface area contributed by atoms with Crippen LogP contribution in [0.5, 0.6) is 0 Å². The molecule has 2 atom stereocenters. The standard InChI is InChI=1S/C9H12F3NO4/c10-9(11,12)1-2-13-3-5(7(14)15)6(4-13)8(16)17/h5-6H,1-4H2,(H,14,15)(H,16,17)/t5-,6-/m1/s1. The molecule has 0 aliphatic carbocycles. The van der Waals surface area contributed by atoms with Crippen molar-refractivity contribution in [2.75, 3.05) is 19.6 Å². The maximum absolute atomic E-state index is 12.0. The quantitative estimate of drug-likeness (QED) is 0.771. The van der Waals surface area contributed by atoms with Crippen LogP contribution in [0.15, 0.2) is 0 Å². The SMILES string of the molecule is O=C(O)[C@@H]1CN(CCC(F)(F)F)C[C@H]1C(=O)O. The minimum absolute atomic E-state index is 0.150. The van der Waals surface area contributed by atoms with E-state index >= 15 is 0 Å². The average Bonchev–Trinajstić information content (AvgIpc) is 2.57. The van der Waals surface area contributed by atoms with Gasteiger partial charge < -0.3 is 15.1 Å². The van der Waals surface area contributed by atoms with Gasteiger partial charge in [0.05, 0.1) is 18.3 Å². The van der Waals surface area contributed by atoms with E-state index in [2.05, 4.69) is 0 Å². The first kappa shape index (κ1) is 13.8. The van der Waals surface area contributed by atoms with Gasteiger partial charge in [-0.2, -0.15) is 13.2 Å². The van der Waals surface area contributed by atoms with E-state index in [1.54, 1.807) is 0 Å². The molecule has 8 heteroatoms. The van der Waals surface area contributed by atoms with Crippen molar-refractivity contribution in [2.45, 2.75) is 12.6 Å². The topological polar surface area (TPSA) is 77.8 Å². The van der Waals surface area contributed by atoms with Crippen LogP contribution in [0.1, 0.15) is 6.42 Å². The Bertz CT molecular complexity index is 296. The molecule has 0 spiro atoms. The zero-order valence-electron chi connectivity index (χ0n) is 8.78. The van der Waals surface area contributed by atoms with Gasteiger partial charge in [-0.1, -0.05) is 0 Å². The van der Waals surface area contributed by atoms with Crippen LogP contribution in [0.3, 0.4) is 0 Å². The van der Waals surface area contributed by atoms with Gasteiger partial charge in [0.15, 0.2) is 0 Å². The molecule has 0 aromatic carbocycles. The van der Waals surface area contributed by atoms with Crippen molar-refractivity contribution in [3.05, 3.63) is 0 Å². The minimum atomic E-state index is -4.32. The first-order valence-electron chi connectivity index (χ1n) is 4.95. The van der Waals surface area contributed by atoms with Crippen molar-refractivity contribution >= 4 is 11.9 Å². The van der Waals surface area contributed by atoms with Gasteiger partial charge in [-0.25, -0.2) is 0 Å². The van der Waals surface area contributed by atoms with Gasteiger partial charge in [-0.05, 0) is 0 Å². The van der Waals surface area contributed by atoms with Crippen LogP contribution in [0, 0.1) is 11.8 Å². The molecule has 5 nitrogen and oxygen atoms in total. The second-order valence-corrected chi connectivity index (χ2v) is 4.01. The third kappa shape index (κ3) is 3.88. The fraction of sp³-hybridized carbons (Fsp3) is 0.778. The molecule has 0 aromatic rings. The van der Waals surface area contributed by atoms with E-state index < -0.39 is 36.4 Å². The number of rotatable bonds is 4. The van der Waals surface area contributed by atoms with Crippen molar-refractivity contribution in [3.63, 3.8) is 0 Å². The lowest BCUT2D eigenvalue weighted by atomic mass is 9.97. The summed E-state index contributed by atoms with van der Waals surface area (Å²) in [6, 6.07) is 0. The van der Waals surface area contributed by atoms with Gasteiger partial charge in [0.1, 0.15) is 0 Å². The largest absolute Gasteiger partial charge is 0.481 e. The second kappa shape index (κ2) is 4.91. The van der Waals surface area contributed by atoms with Crippen molar-refractivity contribution in [1.29, 1.82) is 0 Å². The van der Waals surface area contributed by atoms with Crippen LogP contribution in [0.4, 0.5) is 13.2 Å². The number of carbonyl (C=O) groups is 2. The zero-order chi connectivity index (χ0) is 13.2. The number of carboxylic acids is 2. The molecule has 17 heavy (non-hydrogen) atoms. The van der Waals surface area contributed by atoms with E-state index in [4.69, 9.17) is 10.2 Å². The van der Waals surface area contributed by atoms with Crippen LogP contribution in [0.2, 0.25) is 0 Å². The molecule has 0 saturated carbocycles. The molecule has 0 aromatic heterocycles. The highest BCUT2D eigenvalue weighted by molar-refractivity contribution is 5.81. The Morgan fingerprint density at radius 2 is 1.53 bits per heavy atom. The van der Waals surface area contributed by atoms with Crippen LogP contribution in [-0.4, -0.2) is 52.9 Å². The van der Waals surface area contributed by atoms with Crippen molar-refractivity contribution < 1.29 is 33.0 Å². The Morgan fingerprint density at radius 1 is 1.12 bits per heavy atom. The van der Waals surface area contributed by atoms with Gasteiger partial charge in [0.25, 0.3) is 0 Å². The lowest BCUT2D eigenvalue weighted by molar-refractivity contribution is -0.151. The first-order valence-corrected chi connectivity index (χ1v) is 4.95. The molecule has 2 N–H and O–H groups in total. The van der Waals surface area contributed by atoms with Crippen molar-refractivity contribution in [3.8, 4) is 0 Å². The van der Waals surface area contributed by atoms with Crippen LogP contribution >= 0.6 is 0 Å². The number of likely N-dealkylation sites (tertiary alicyclic amines) is 1. The summed E-state index contributed by atoms with van der Waals surface area (Å²) in [5, 5.41) is 17.5. The summed E-state index contributed by atoms with van der Waals surface area (Å²) < 4.78 is 35.9. The van der Waals surface area contributed by atoms with Crippen LogP contribution in [0.25, 0.3) is 0 Å². The van der Waals surface area contributed by atoms with E-state index in [-0.39, 0.29) is 19.6 Å². The number of hydrogen-bond donors (Lipinski definition) is 2. The van der Waals surface area contributed by atoms with E-state index in [0.717, 1.165) is 0 Å². The van der Waals surface area contributed by atoms with Gasteiger partial charge >= 0.3 is 18.1 Å². The normalized spacial score (nSPS) is 26.1. The molecule has 1 heterocycles. The minimum Gasteiger partial charge on any atom is -0.481 e. The van der Waals surface area contributed by atoms with E-state index in [1.165, 1.54) is 4.90 Å². The molecule has 0 bridgehead atoms. The Hall–Kier alpha value is -1.31. The lowest BCUT2D eigenvalue weighted by Crippen LogP contribution is -2.28. The third-order valence-electron chi connectivity index (χ3n) is 2.74. The highest BCUT2D eigenvalue weighted by Gasteiger charge is 2.42. The monoisotopic (exact) mass is 255 g/mol.